The average molecular weight is 325 g/mol. The molecule has 0 bridgehead atoms. The van der Waals surface area contributed by atoms with E-state index in [-0.39, 0.29) is 0 Å². The third-order valence-corrected chi connectivity index (χ3v) is 3.44. The lowest BCUT2D eigenvalue weighted by atomic mass is 10.2. The van der Waals surface area contributed by atoms with Gasteiger partial charge in [-0.2, -0.15) is 0 Å². The molecule has 3 nitrogen and oxygen atoms in total. The van der Waals surface area contributed by atoms with E-state index in [1.54, 1.807) is 18.2 Å². The highest BCUT2D eigenvalue weighted by Gasteiger charge is 2.03. The minimum absolute atomic E-state index is 0.379. The highest BCUT2D eigenvalue weighted by atomic mass is 35.5. The number of aromatic nitrogens is 1. The zero-order valence-electron chi connectivity index (χ0n) is 11.9. The molecule has 112 valence electrons. The fourth-order valence-electron chi connectivity index (χ4n) is 1.80. The number of hydrogen-bond acceptors (Lipinski definition) is 3. The molecule has 1 heterocycles. The molecule has 0 amide bonds. The van der Waals surface area contributed by atoms with E-state index in [0.29, 0.717) is 22.4 Å². The lowest BCUT2D eigenvalue weighted by Crippen LogP contribution is -2.14. The van der Waals surface area contributed by atoms with E-state index in [2.05, 4.69) is 23.3 Å². The Kier molecular flexibility index (Phi) is 6.30. The summed E-state index contributed by atoms with van der Waals surface area (Å²) >= 11 is 11.9. The number of pyridine rings is 1. The van der Waals surface area contributed by atoms with Crippen LogP contribution in [-0.2, 0) is 13.2 Å². The van der Waals surface area contributed by atoms with Crippen molar-refractivity contribution in [2.45, 2.75) is 26.5 Å². The van der Waals surface area contributed by atoms with Crippen molar-refractivity contribution < 1.29 is 4.74 Å². The molecule has 1 aromatic heterocycles. The van der Waals surface area contributed by atoms with Gasteiger partial charge in [0.1, 0.15) is 12.4 Å². The summed E-state index contributed by atoms with van der Waals surface area (Å²) in [5, 5.41) is 4.43. The first kappa shape index (κ1) is 16.1. The quantitative estimate of drug-likeness (QED) is 0.763. The lowest BCUT2D eigenvalue weighted by molar-refractivity contribution is 0.301. The summed E-state index contributed by atoms with van der Waals surface area (Å²) in [5.74, 6) is 0.608. The van der Waals surface area contributed by atoms with Crippen LogP contribution < -0.4 is 10.1 Å². The number of rotatable bonds is 7. The molecular weight excluding hydrogens is 307 g/mol. The maximum absolute atomic E-state index is 6.05. The van der Waals surface area contributed by atoms with Crippen molar-refractivity contribution in [1.82, 2.24) is 10.3 Å². The van der Waals surface area contributed by atoms with Crippen LogP contribution in [0.2, 0.25) is 10.0 Å². The smallest absolute Gasteiger partial charge is 0.138 e. The monoisotopic (exact) mass is 324 g/mol. The third kappa shape index (κ3) is 5.20. The first-order valence-electron chi connectivity index (χ1n) is 6.91. The van der Waals surface area contributed by atoms with Gasteiger partial charge in [0.05, 0.1) is 10.7 Å². The summed E-state index contributed by atoms with van der Waals surface area (Å²) in [6.07, 6.45) is 2.99. The number of halogens is 2. The molecule has 2 aromatic rings. The fraction of sp³-hybridized carbons (Fsp3) is 0.312. The Morgan fingerprint density at radius 3 is 2.71 bits per heavy atom. The molecule has 0 saturated carbocycles. The van der Waals surface area contributed by atoms with Crippen LogP contribution in [0.5, 0.6) is 5.75 Å². The maximum Gasteiger partial charge on any atom is 0.138 e. The standard InChI is InChI=1S/C16H18Cl2N2O/c1-2-7-19-9-12-3-5-14(20-10-12)11-21-16-6-4-13(17)8-15(16)18/h3-6,8,10,19H,2,7,9,11H2,1H3. The van der Waals surface area contributed by atoms with Crippen molar-refractivity contribution in [3.8, 4) is 5.75 Å². The molecule has 0 unspecified atom stereocenters. The second-order valence-electron chi connectivity index (χ2n) is 4.70. The minimum atomic E-state index is 0.379. The van der Waals surface area contributed by atoms with Crippen LogP contribution in [0.3, 0.4) is 0 Å². The highest BCUT2D eigenvalue weighted by molar-refractivity contribution is 6.35. The number of nitrogens with zero attached hydrogens (tertiary/aromatic N) is 1. The van der Waals surface area contributed by atoms with Gasteiger partial charge in [-0.05, 0) is 42.8 Å². The molecule has 1 aromatic carbocycles. The minimum Gasteiger partial charge on any atom is -0.486 e. The second-order valence-corrected chi connectivity index (χ2v) is 5.54. The number of nitrogens with one attached hydrogen (secondary N) is 1. The van der Waals surface area contributed by atoms with Crippen LogP contribution >= 0.6 is 23.2 Å². The zero-order valence-corrected chi connectivity index (χ0v) is 13.4. The van der Waals surface area contributed by atoms with Crippen molar-refractivity contribution in [1.29, 1.82) is 0 Å². The predicted molar refractivity (Wildman–Crippen MR) is 87.0 cm³/mol. The highest BCUT2D eigenvalue weighted by Crippen LogP contribution is 2.27. The molecule has 0 aliphatic heterocycles. The van der Waals surface area contributed by atoms with Crippen molar-refractivity contribution in [3.05, 3.63) is 57.8 Å². The Bertz CT molecular complexity index is 573. The molecule has 0 radical (unpaired) electrons. The van der Waals surface area contributed by atoms with Gasteiger partial charge in [0, 0.05) is 17.8 Å². The van der Waals surface area contributed by atoms with E-state index >= 15 is 0 Å². The molecule has 21 heavy (non-hydrogen) atoms. The SMILES string of the molecule is CCCNCc1ccc(COc2ccc(Cl)cc2Cl)nc1. The summed E-state index contributed by atoms with van der Waals surface area (Å²) in [7, 11) is 0. The van der Waals surface area contributed by atoms with Crippen LogP contribution in [0.1, 0.15) is 24.6 Å². The largest absolute Gasteiger partial charge is 0.486 e. The van der Waals surface area contributed by atoms with Crippen LogP contribution in [-0.4, -0.2) is 11.5 Å². The maximum atomic E-state index is 6.05. The normalized spacial score (nSPS) is 10.6. The number of hydrogen-bond donors (Lipinski definition) is 1. The van der Waals surface area contributed by atoms with Crippen molar-refractivity contribution >= 4 is 23.2 Å². The van der Waals surface area contributed by atoms with Crippen molar-refractivity contribution in [2.75, 3.05) is 6.54 Å². The third-order valence-electron chi connectivity index (χ3n) is 2.91. The molecule has 1 N–H and O–H groups in total. The first-order chi connectivity index (χ1) is 10.2. The van der Waals surface area contributed by atoms with Crippen LogP contribution in [0.15, 0.2) is 36.5 Å². The number of ether oxygens (including phenoxy) is 1. The van der Waals surface area contributed by atoms with E-state index in [0.717, 1.165) is 30.8 Å². The van der Waals surface area contributed by atoms with Crippen molar-refractivity contribution in [3.63, 3.8) is 0 Å². The lowest BCUT2D eigenvalue weighted by Gasteiger charge is -2.08. The van der Waals surface area contributed by atoms with E-state index in [1.165, 1.54) is 0 Å². The van der Waals surface area contributed by atoms with Gasteiger partial charge in [-0.3, -0.25) is 4.98 Å². The van der Waals surface area contributed by atoms with Gasteiger partial charge >= 0.3 is 0 Å². The first-order valence-corrected chi connectivity index (χ1v) is 7.67. The van der Waals surface area contributed by atoms with E-state index in [4.69, 9.17) is 27.9 Å². The summed E-state index contributed by atoms with van der Waals surface area (Å²) in [5.41, 5.74) is 2.02. The topological polar surface area (TPSA) is 34.1 Å². The van der Waals surface area contributed by atoms with Crippen LogP contribution in [0.25, 0.3) is 0 Å². The van der Waals surface area contributed by atoms with Gasteiger partial charge in [0.2, 0.25) is 0 Å². The number of benzene rings is 1. The Labute approximate surface area is 135 Å². The fourth-order valence-corrected chi connectivity index (χ4v) is 2.26. The molecule has 0 aliphatic rings. The summed E-state index contributed by atoms with van der Waals surface area (Å²) in [6.45, 7) is 4.38. The Morgan fingerprint density at radius 1 is 1.19 bits per heavy atom. The molecule has 2 rings (SSSR count). The Balaban J connectivity index is 1.88. The molecule has 0 spiro atoms. The predicted octanol–water partition coefficient (Wildman–Crippen LogP) is 4.47. The van der Waals surface area contributed by atoms with Gasteiger partial charge < -0.3 is 10.1 Å². The van der Waals surface area contributed by atoms with Gasteiger partial charge in [-0.1, -0.05) is 36.2 Å². The van der Waals surface area contributed by atoms with E-state index in [1.807, 2.05) is 12.3 Å². The molecule has 0 atom stereocenters. The van der Waals surface area contributed by atoms with Gasteiger partial charge in [-0.15, -0.1) is 0 Å². The van der Waals surface area contributed by atoms with Crippen molar-refractivity contribution in [2.24, 2.45) is 0 Å². The summed E-state index contributed by atoms with van der Waals surface area (Å²) in [6, 6.07) is 9.19. The molecule has 0 fully saturated rings. The second kappa shape index (κ2) is 8.23. The summed E-state index contributed by atoms with van der Waals surface area (Å²) < 4.78 is 5.65. The Morgan fingerprint density at radius 2 is 2.05 bits per heavy atom. The van der Waals surface area contributed by atoms with Crippen LogP contribution in [0.4, 0.5) is 0 Å². The van der Waals surface area contributed by atoms with E-state index in [9.17, 15) is 0 Å². The molecule has 0 aliphatic carbocycles. The molecule has 5 heteroatoms. The van der Waals surface area contributed by atoms with E-state index < -0.39 is 0 Å². The van der Waals surface area contributed by atoms with Gasteiger partial charge in [0.15, 0.2) is 0 Å². The summed E-state index contributed by atoms with van der Waals surface area (Å²) in [4.78, 5) is 4.39. The van der Waals surface area contributed by atoms with Gasteiger partial charge in [-0.25, -0.2) is 0 Å². The van der Waals surface area contributed by atoms with Gasteiger partial charge in [0.25, 0.3) is 0 Å². The molecular formula is C16H18Cl2N2O. The molecule has 0 saturated heterocycles. The van der Waals surface area contributed by atoms with Crippen LogP contribution in [0, 0.1) is 0 Å². The average Bonchev–Trinajstić information content (AvgIpc) is 2.48. The Hall–Kier alpha value is -1.29. The zero-order chi connectivity index (χ0) is 15.1.